The van der Waals surface area contributed by atoms with E-state index >= 15 is 0 Å². The molecule has 1 fully saturated rings. The summed E-state index contributed by atoms with van der Waals surface area (Å²) >= 11 is 2.38. The van der Waals surface area contributed by atoms with Crippen molar-refractivity contribution in [1.82, 2.24) is 0 Å². The third-order valence-electron chi connectivity index (χ3n) is 4.23. The summed E-state index contributed by atoms with van der Waals surface area (Å²) in [5, 5.41) is 11.1. The highest BCUT2D eigenvalue weighted by molar-refractivity contribution is 14.1. The number of benzene rings is 1. The molecule has 18 heavy (non-hydrogen) atoms. The Morgan fingerprint density at radius 3 is 2.33 bits per heavy atom. The van der Waals surface area contributed by atoms with Crippen molar-refractivity contribution in [3.8, 4) is 12.3 Å². The van der Waals surface area contributed by atoms with Crippen molar-refractivity contribution >= 4 is 22.6 Å². The lowest BCUT2D eigenvalue weighted by atomic mass is 9.62. The van der Waals surface area contributed by atoms with Gasteiger partial charge in [0.1, 0.15) is 0 Å². The quantitative estimate of drug-likeness (QED) is 0.496. The van der Waals surface area contributed by atoms with Gasteiger partial charge in [-0.15, -0.1) is 6.42 Å². The molecule has 1 aromatic carbocycles. The summed E-state index contributed by atoms with van der Waals surface area (Å²) in [6.45, 7) is 0. The molecule has 1 aromatic rings. The molecule has 1 saturated carbocycles. The predicted molar refractivity (Wildman–Crippen MR) is 83.6 cm³/mol. The van der Waals surface area contributed by atoms with E-state index in [1.54, 1.807) is 0 Å². The molecule has 1 nitrogen and oxygen atoms in total. The van der Waals surface area contributed by atoms with Crippen LogP contribution in [0.5, 0.6) is 0 Å². The van der Waals surface area contributed by atoms with E-state index in [1.165, 1.54) is 19.3 Å². The molecule has 0 aliphatic heterocycles. The minimum atomic E-state index is -1.13. The Balaban J connectivity index is 2.45. The molecule has 1 N–H and O–H groups in total. The van der Waals surface area contributed by atoms with Gasteiger partial charge in [0.05, 0.1) is 0 Å². The van der Waals surface area contributed by atoms with Crippen LogP contribution in [0.1, 0.15) is 37.7 Å². The highest BCUT2D eigenvalue weighted by Gasteiger charge is 2.49. The van der Waals surface area contributed by atoms with Crippen molar-refractivity contribution in [3.63, 3.8) is 0 Å². The summed E-state index contributed by atoms with van der Waals surface area (Å²) in [6.07, 6.45) is 11.4. The van der Waals surface area contributed by atoms with E-state index in [4.69, 9.17) is 6.42 Å². The van der Waals surface area contributed by atoms with E-state index in [0.29, 0.717) is 0 Å². The molecular formula is C16H19IO. The average Bonchev–Trinajstić information content (AvgIpc) is 2.48. The third-order valence-corrected chi connectivity index (χ3v) is 5.69. The van der Waals surface area contributed by atoms with Crippen LogP contribution >= 0.6 is 22.6 Å². The molecular weight excluding hydrogens is 335 g/mol. The van der Waals surface area contributed by atoms with Crippen LogP contribution in [0, 0.1) is 17.8 Å². The van der Waals surface area contributed by atoms with E-state index in [9.17, 15) is 5.11 Å². The van der Waals surface area contributed by atoms with Crippen LogP contribution in [0.3, 0.4) is 0 Å². The van der Waals surface area contributed by atoms with Crippen LogP contribution in [-0.2, 0) is 5.60 Å². The summed E-state index contributed by atoms with van der Waals surface area (Å²) in [7, 11) is 0. The normalized spacial score (nSPS) is 21.8. The standard InChI is InChI=1S/C16H19IO/c1-2-16(18,14-9-5-3-6-10-14)15(13-17)11-7-4-8-12-15/h1,3,5-6,9-10,18H,4,7-8,11-13H2. The van der Waals surface area contributed by atoms with Crippen molar-refractivity contribution in [2.45, 2.75) is 37.7 Å². The highest BCUT2D eigenvalue weighted by Crippen LogP contribution is 2.50. The summed E-state index contributed by atoms with van der Waals surface area (Å²) in [5.74, 6) is 2.71. The number of alkyl halides is 1. The number of terminal acetylenes is 1. The second-order valence-corrected chi connectivity index (χ2v) is 5.96. The largest absolute Gasteiger partial charge is 0.373 e. The maximum atomic E-state index is 11.1. The zero-order valence-electron chi connectivity index (χ0n) is 10.5. The number of hydrogen-bond acceptors (Lipinski definition) is 1. The van der Waals surface area contributed by atoms with Gasteiger partial charge in [-0.05, 0) is 18.4 Å². The Labute approximate surface area is 123 Å². The van der Waals surface area contributed by atoms with Crippen molar-refractivity contribution in [3.05, 3.63) is 35.9 Å². The summed E-state index contributed by atoms with van der Waals surface area (Å²) in [6, 6.07) is 9.74. The SMILES string of the molecule is C#CC(O)(c1ccccc1)C1(CI)CCCCC1. The first-order valence-corrected chi connectivity index (χ1v) is 8.03. The Hall–Kier alpha value is -0.530. The summed E-state index contributed by atoms with van der Waals surface area (Å²) in [5.41, 5.74) is -0.427. The van der Waals surface area contributed by atoms with Gasteiger partial charge in [0.25, 0.3) is 0 Å². The van der Waals surface area contributed by atoms with Crippen LogP contribution < -0.4 is 0 Å². The molecule has 1 aliphatic rings. The van der Waals surface area contributed by atoms with E-state index in [-0.39, 0.29) is 5.41 Å². The fraction of sp³-hybridized carbons (Fsp3) is 0.500. The van der Waals surface area contributed by atoms with Crippen LogP contribution in [-0.4, -0.2) is 9.53 Å². The lowest BCUT2D eigenvalue weighted by Crippen LogP contribution is -2.47. The van der Waals surface area contributed by atoms with Gasteiger partial charge < -0.3 is 5.11 Å². The third kappa shape index (κ3) is 2.19. The fourth-order valence-corrected chi connectivity index (χ4v) is 4.36. The van der Waals surface area contributed by atoms with Gasteiger partial charge in [0, 0.05) is 9.84 Å². The minimum Gasteiger partial charge on any atom is -0.373 e. The van der Waals surface area contributed by atoms with Crippen LogP contribution in [0.25, 0.3) is 0 Å². The zero-order chi connectivity index (χ0) is 13.1. The van der Waals surface area contributed by atoms with Crippen LogP contribution in [0.4, 0.5) is 0 Å². The van der Waals surface area contributed by atoms with Gasteiger partial charge in [0.15, 0.2) is 5.60 Å². The second kappa shape index (κ2) is 5.63. The lowest BCUT2D eigenvalue weighted by molar-refractivity contribution is -0.0480. The second-order valence-electron chi connectivity index (χ2n) is 5.20. The Morgan fingerprint density at radius 1 is 1.22 bits per heavy atom. The van der Waals surface area contributed by atoms with E-state index in [0.717, 1.165) is 22.8 Å². The maximum Gasteiger partial charge on any atom is 0.156 e. The average molecular weight is 354 g/mol. The number of rotatable bonds is 3. The van der Waals surface area contributed by atoms with Crippen LogP contribution in [0.2, 0.25) is 0 Å². The van der Waals surface area contributed by atoms with Crippen molar-refractivity contribution in [2.24, 2.45) is 5.41 Å². The maximum absolute atomic E-state index is 11.1. The van der Waals surface area contributed by atoms with Gasteiger partial charge in [-0.1, -0.05) is 78.1 Å². The Bertz CT molecular complexity index is 428. The molecule has 96 valence electrons. The molecule has 0 amide bonds. The fourth-order valence-electron chi connectivity index (χ4n) is 3.04. The highest BCUT2D eigenvalue weighted by atomic mass is 127. The first kappa shape index (κ1) is 13.9. The van der Waals surface area contributed by atoms with Gasteiger partial charge in [0.2, 0.25) is 0 Å². The number of hydrogen-bond donors (Lipinski definition) is 1. The molecule has 1 aliphatic carbocycles. The van der Waals surface area contributed by atoms with Crippen molar-refractivity contribution in [2.75, 3.05) is 4.43 Å². The molecule has 0 aromatic heterocycles. The predicted octanol–water partition coefficient (Wildman–Crippen LogP) is 3.89. The molecule has 2 heteroatoms. The van der Waals surface area contributed by atoms with Gasteiger partial charge in [-0.25, -0.2) is 0 Å². The van der Waals surface area contributed by atoms with E-state index in [2.05, 4.69) is 28.5 Å². The topological polar surface area (TPSA) is 20.2 Å². The molecule has 0 saturated heterocycles. The molecule has 0 bridgehead atoms. The van der Waals surface area contributed by atoms with E-state index in [1.807, 2.05) is 30.3 Å². The minimum absolute atomic E-state index is 0.165. The molecule has 0 spiro atoms. The monoisotopic (exact) mass is 354 g/mol. The Morgan fingerprint density at radius 2 is 1.83 bits per heavy atom. The molecule has 0 heterocycles. The summed E-state index contributed by atoms with van der Waals surface area (Å²) in [4.78, 5) is 0. The van der Waals surface area contributed by atoms with Crippen LogP contribution in [0.15, 0.2) is 30.3 Å². The van der Waals surface area contributed by atoms with Crippen molar-refractivity contribution < 1.29 is 5.11 Å². The lowest BCUT2D eigenvalue weighted by Gasteiger charge is -2.46. The van der Waals surface area contributed by atoms with E-state index < -0.39 is 5.60 Å². The molecule has 0 radical (unpaired) electrons. The van der Waals surface area contributed by atoms with Crippen molar-refractivity contribution in [1.29, 1.82) is 0 Å². The zero-order valence-corrected chi connectivity index (χ0v) is 12.7. The van der Waals surface area contributed by atoms with Gasteiger partial charge in [-0.3, -0.25) is 0 Å². The molecule has 1 unspecified atom stereocenters. The molecule has 1 atom stereocenters. The smallest absolute Gasteiger partial charge is 0.156 e. The van der Waals surface area contributed by atoms with Gasteiger partial charge >= 0.3 is 0 Å². The number of halogens is 1. The van der Waals surface area contributed by atoms with Gasteiger partial charge in [-0.2, -0.15) is 0 Å². The number of aliphatic hydroxyl groups is 1. The first-order valence-electron chi connectivity index (χ1n) is 6.50. The first-order chi connectivity index (χ1) is 8.68. The molecule has 2 rings (SSSR count). The summed E-state index contributed by atoms with van der Waals surface area (Å²) < 4.78 is 0.903. The Kier molecular flexibility index (Phi) is 4.34.